The first-order valence-electron chi connectivity index (χ1n) is 8.49. The molecule has 25 heavy (non-hydrogen) atoms. The first-order valence-corrected chi connectivity index (χ1v) is 9.93. The zero-order valence-electron chi connectivity index (χ0n) is 14.3. The second-order valence-electron chi connectivity index (χ2n) is 6.38. The third-order valence-corrected chi connectivity index (χ3v) is 6.30. The van der Waals surface area contributed by atoms with Gasteiger partial charge < -0.3 is 10.3 Å². The molecule has 0 saturated carbocycles. The fourth-order valence-electron chi connectivity index (χ4n) is 2.89. The predicted octanol–water partition coefficient (Wildman–Crippen LogP) is 2.43. The van der Waals surface area contributed by atoms with E-state index in [0.29, 0.717) is 19.6 Å². The van der Waals surface area contributed by atoms with Crippen LogP contribution in [-0.4, -0.2) is 36.7 Å². The highest BCUT2D eigenvalue weighted by Crippen LogP contribution is 2.21. The van der Waals surface area contributed by atoms with Crippen LogP contribution in [0.25, 0.3) is 0 Å². The topological polar surface area (TPSA) is 82.3 Å². The van der Waals surface area contributed by atoms with E-state index in [9.17, 15) is 13.2 Å². The number of carbonyl (C=O) groups is 1. The Morgan fingerprint density at radius 2 is 1.84 bits per heavy atom. The fourth-order valence-corrected chi connectivity index (χ4v) is 4.40. The number of H-pyrrole nitrogens is 1. The maximum Gasteiger partial charge on any atom is 0.268 e. The normalized spacial score (nSPS) is 15.9. The van der Waals surface area contributed by atoms with Crippen molar-refractivity contribution in [3.05, 3.63) is 53.3 Å². The molecule has 3 rings (SSSR count). The van der Waals surface area contributed by atoms with Crippen molar-refractivity contribution in [1.82, 2.24) is 14.6 Å². The average molecular weight is 361 g/mol. The Labute approximate surface area is 148 Å². The number of hydrogen-bond donors (Lipinski definition) is 2. The molecule has 1 fully saturated rings. The molecule has 2 heterocycles. The lowest BCUT2D eigenvalue weighted by Gasteiger charge is -2.25. The molecule has 1 aliphatic heterocycles. The van der Waals surface area contributed by atoms with E-state index in [2.05, 4.69) is 10.3 Å². The second kappa shape index (κ2) is 7.41. The van der Waals surface area contributed by atoms with Crippen molar-refractivity contribution in [3.8, 4) is 0 Å². The number of nitrogens with one attached hydrogen (secondary N) is 2. The van der Waals surface area contributed by atoms with Crippen molar-refractivity contribution >= 4 is 15.9 Å². The van der Waals surface area contributed by atoms with Crippen LogP contribution in [0.1, 0.15) is 40.9 Å². The molecule has 0 unspecified atom stereocenters. The third kappa shape index (κ3) is 4.11. The quantitative estimate of drug-likeness (QED) is 0.858. The SMILES string of the molecule is Cc1ccc(CNC(=O)c2cc(S(=O)(=O)N3CCCCC3)c[nH]2)cc1. The molecule has 2 aromatic rings. The van der Waals surface area contributed by atoms with Gasteiger partial charge in [-0.2, -0.15) is 4.31 Å². The number of hydrogen-bond acceptors (Lipinski definition) is 3. The van der Waals surface area contributed by atoms with Crippen LogP contribution in [0, 0.1) is 6.92 Å². The predicted molar refractivity (Wildman–Crippen MR) is 95.8 cm³/mol. The largest absolute Gasteiger partial charge is 0.356 e. The highest BCUT2D eigenvalue weighted by atomic mass is 32.2. The van der Waals surface area contributed by atoms with Gasteiger partial charge >= 0.3 is 0 Å². The van der Waals surface area contributed by atoms with Crippen LogP contribution in [0.2, 0.25) is 0 Å². The van der Waals surface area contributed by atoms with Gasteiger partial charge in [0.25, 0.3) is 5.91 Å². The molecule has 0 bridgehead atoms. The number of aromatic nitrogens is 1. The standard InChI is InChI=1S/C18H23N3O3S/c1-14-5-7-15(8-6-14)12-20-18(22)17-11-16(13-19-17)25(23,24)21-9-3-2-4-10-21/h5-8,11,13,19H,2-4,9-10,12H2,1H3,(H,20,22). The minimum atomic E-state index is -3.52. The first kappa shape index (κ1) is 17.7. The number of carbonyl (C=O) groups excluding carboxylic acids is 1. The maximum atomic E-state index is 12.6. The molecule has 1 aromatic carbocycles. The first-order chi connectivity index (χ1) is 12.0. The van der Waals surface area contributed by atoms with E-state index in [4.69, 9.17) is 0 Å². The van der Waals surface area contributed by atoms with E-state index in [1.165, 1.54) is 16.6 Å². The van der Waals surface area contributed by atoms with Gasteiger partial charge in [0.15, 0.2) is 0 Å². The number of rotatable bonds is 5. The van der Waals surface area contributed by atoms with Crippen LogP contribution in [0.15, 0.2) is 41.4 Å². The smallest absolute Gasteiger partial charge is 0.268 e. The van der Waals surface area contributed by atoms with Gasteiger partial charge in [0, 0.05) is 25.8 Å². The van der Waals surface area contributed by atoms with E-state index in [1.54, 1.807) is 0 Å². The van der Waals surface area contributed by atoms with Gasteiger partial charge in [0.2, 0.25) is 10.0 Å². The van der Waals surface area contributed by atoms with Crippen molar-refractivity contribution in [2.45, 2.75) is 37.6 Å². The number of amides is 1. The molecule has 7 heteroatoms. The average Bonchev–Trinajstić information content (AvgIpc) is 3.13. The van der Waals surface area contributed by atoms with Crippen molar-refractivity contribution in [2.24, 2.45) is 0 Å². The van der Waals surface area contributed by atoms with Crippen LogP contribution >= 0.6 is 0 Å². The summed E-state index contributed by atoms with van der Waals surface area (Å²) < 4.78 is 26.7. The highest BCUT2D eigenvalue weighted by molar-refractivity contribution is 7.89. The molecule has 0 atom stereocenters. The monoisotopic (exact) mass is 361 g/mol. The van der Waals surface area contributed by atoms with E-state index in [-0.39, 0.29) is 16.5 Å². The Bertz CT molecular complexity index is 835. The van der Waals surface area contributed by atoms with Gasteiger partial charge in [-0.05, 0) is 31.4 Å². The van der Waals surface area contributed by atoms with Crippen molar-refractivity contribution < 1.29 is 13.2 Å². The molecular weight excluding hydrogens is 338 g/mol. The summed E-state index contributed by atoms with van der Waals surface area (Å²) in [7, 11) is -3.52. The molecule has 0 radical (unpaired) electrons. The second-order valence-corrected chi connectivity index (χ2v) is 8.32. The summed E-state index contributed by atoms with van der Waals surface area (Å²) in [5.74, 6) is -0.319. The molecule has 0 aliphatic carbocycles. The van der Waals surface area contributed by atoms with Gasteiger partial charge in [0.1, 0.15) is 10.6 Å². The number of aryl methyl sites for hydroxylation is 1. The summed E-state index contributed by atoms with van der Waals surface area (Å²) in [6.45, 7) is 3.49. The van der Waals surface area contributed by atoms with Gasteiger partial charge in [0.05, 0.1) is 0 Å². The number of aromatic amines is 1. The number of piperidine rings is 1. The lowest BCUT2D eigenvalue weighted by Crippen LogP contribution is -2.35. The van der Waals surface area contributed by atoms with Crippen LogP contribution in [0.5, 0.6) is 0 Å². The van der Waals surface area contributed by atoms with E-state index < -0.39 is 10.0 Å². The summed E-state index contributed by atoms with van der Waals surface area (Å²) in [5.41, 5.74) is 2.40. The molecule has 6 nitrogen and oxygen atoms in total. The Morgan fingerprint density at radius 1 is 1.16 bits per heavy atom. The summed E-state index contributed by atoms with van der Waals surface area (Å²) in [4.78, 5) is 15.2. The Hall–Kier alpha value is -2.12. The molecule has 0 spiro atoms. The van der Waals surface area contributed by atoms with Crippen LogP contribution in [0.3, 0.4) is 0 Å². The highest BCUT2D eigenvalue weighted by Gasteiger charge is 2.27. The van der Waals surface area contributed by atoms with E-state index in [1.807, 2.05) is 31.2 Å². The third-order valence-electron chi connectivity index (χ3n) is 4.43. The Morgan fingerprint density at radius 3 is 2.52 bits per heavy atom. The zero-order valence-corrected chi connectivity index (χ0v) is 15.1. The minimum Gasteiger partial charge on any atom is -0.356 e. The lowest BCUT2D eigenvalue weighted by molar-refractivity contribution is 0.0946. The van der Waals surface area contributed by atoms with E-state index >= 15 is 0 Å². The van der Waals surface area contributed by atoms with Gasteiger partial charge in [-0.1, -0.05) is 36.2 Å². The molecule has 2 N–H and O–H groups in total. The number of sulfonamides is 1. The lowest BCUT2D eigenvalue weighted by atomic mass is 10.1. The van der Waals surface area contributed by atoms with Crippen molar-refractivity contribution in [3.63, 3.8) is 0 Å². The fraction of sp³-hybridized carbons (Fsp3) is 0.389. The number of nitrogens with zero attached hydrogens (tertiary/aromatic N) is 1. The minimum absolute atomic E-state index is 0.148. The molecular formula is C18H23N3O3S. The van der Waals surface area contributed by atoms with Crippen LogP contribution < -0.4 is 5.32 Å². The van der Waals surface area contributed by atoms with Gasteiger partial charge in [-0.25, -0.2) is 8.42 Å². The summed E-state index contributed by atoms with van der Waals surface area (Å²) in [5, 5.41) is 2.80. The summed E-state index contributed by atoms with van der Waals surface area (Å²) in [6.07, 6.45) is 4.22. The number of benzene rings is 1. The molecule has 134 valence electrons. The molecule has 1 aliphatic rings. The maximum absolute atomic E-state index is 12.6. The van der Waals surface area contributed by atoms with Crippen molar-refractivity contribution in [2.75, 3.05) is 13.1 Å². The van der Waals surface area contributed by atoms with Crippen LogP contribution in [0.4, 0.5) is 0 Å². The zero-order chi connectivity index (χ0) is 17.9. The molecule has 1 saturated heterocycles. The van der Waals surface area contributed by atoms with Gasteiger partial charge in [-0.15, -0.1) is 0 Å². The molecule has 1 aromatic heterocycles. The Kier molecular flexibility index (Phi) is 5.24. The van der Waals surface area contributed by atoms with E-state index in [0.717, 1.165) is 30.4 Å². The molecule has 1 amide bonds. The summed E-state index contributed by atoms with van der Waals surface area (Å²) >= 11 is 0. The Balaban J connectivity index is 1.65. The summed E-state index contributed by atoms with van der Waals surface area (Å²) in [6, 6.07) is 9.29. The van der Waals surface area contributed by atoms with Crippen LogP contribution in [-0.2, 0) is 16.6 Å². The van der Waals surface area contributed by atoms with Gasteiger partial charge in [-0.3, -0.25) is 4.79 Å². The van der Waals surface area contributed by atoms with Crippen molar-refractivity contribution in [1.29, 1.82) is 0 Å².